The van der Waals surface area contributed by atoms with E-state index in [1.165, 1.54) is 38.8 Å². The first-order valence-corrected chi connectivity index (χ1v) is 6.47. The highest BCUT2D eigenvalue weighted by Crippen LogP contribution is 2.37. The van der Waals surface area contributed by atoms with E-state index in [9.17, 15) is 0 Å². The van der Waals surface area contributed by atoms with Gasteiger partial charge in [-0.1, -0.05) is 26.7 Å². The summed E-state index contributed by atoms with van der Waals surface area (Å²) in [4.78, 5) is 2.46. The average Bonchev–Trinajstić information content (AvgIpc) is 2.37. The maximum atomic E-state index is 5.24. The van der Waals surface area contributed by atoms with Crippen molar-refractivity contribution < 1.29 is 9.47 Å². The Morgan fingerprint density at radius 1 is 1.06 bits per heavy atom. The number of piperidine rings is 1. The normalized spacial score (nSPS) is 21.6. The van der Waals surface area contributed by atoms with Crippen molar-refractivity contribution in [3.8, 4) is 0 Å². The van der Waals surface area contributed by atoms with Crippen LogP contribution in [-0.4, -0.2) is 45.0 Å². The number of hydrogen-bond acceptors (Lipinski definition) is 3. The van der Waals surface area contributed by atoms with Gasteiger partial charge in [0.1, 0.15) is 0 Å². The highest BCUT2D eigenvalue weighted by Gasteiger charge is 2.31. The molecule has 0 N–H and O–H groups in total. The Balaban J connectivity index is 2.36. The second-order valence-electron chi connectivity index (χ2n) is 4.91. The molecule has 3 nitrogen and oxygen atoms in total. The maximum Gasteiger partial charge on any atom is 0.169 e. The molecule has 0 bridgehead atoms. The fourth-order valence-electron chi connectivity index (χ4n) is 2.62. The Morgan fingerprint density at radius 2 is 1.56 bits per heavy atom. The molecule has 0 atom stereocenters. The predicted molar refractivity (Wildman–Crippen MR) is 66.5 cm³/mol. The van der Waals surface area contributed by atoms with E-state index in [0.717, 1.165) is 6.54 Å². The predicted octanol–water partition coefficient (Wildman–Crippen LogP) is 2.51. The van der Waals surface area contributed by atoms with Gasteiger partial charge in [-0.2, -0.15) is 0 Å². The van der Waals surface area contributed by atoms with Crippen LogP contribution in [0.4, 0.5) is 0 Å². The Kier molecular flexibility index (Phi) is 5.73. The number of hydrogen-bond donors (Lipinski definition) is 0. The molecule has 0 aromatic heterocycles. The lowest BCUT2D eigenvalue weighted by Crippen LogP contribution is -2.43. The summed E-state index contributed by atoms with van der Waals surface area (Å²) in [6.07, 6.45) is 5.20. The summed E-state index contributed by atoms with van der Waals surface area (Å²) < 4.78 is 10.5. The van der Waals surface area contributed by atoms with Crippen LogP contribution in [0.3, 0.4) is 0 Å². The van der Waals surface area contributed by atoms with E-state index in [2.05, 4.69) is 18.7 Å². The van der Waals surface area contributed by atoms with Gasteiger partial charge in [0, 0.05) is 20.8 Å². The summed E-state index contributed by atoms with van der Waals surface area (Å²) in [5, 5.41) is 0. The van der Waals surface area contributed by atoms with Gasteiger partial charge >= 0.3 is 0 Å². The van der Waals surface area contributed by atoms with Crippen LogP contribution < -0.4 is 0 Å². The van der Waals surface area contributed by atoms with Gasteiger partial charge in [-0.05, 0) is 31.3 Å². The minimum absolute atomic E-state index is 0.0734. The van der Waals surface area contributed by atoms with Crippen molar-refractivity contribution in [2.24, 2.45) is 5.41 Å². The summed E-state index contributed by atoms with van der Waals surface area (Å²) in [7, 11) is 3.42. The number of nitrogens with zero attached hydrogens (tertiary/aromatic N) is 1. The van der Waals surface area contributed by atoms with Crippen LogP contribution >= 0.6 is 0 Å². The SMILES string of the molecule is CCC1(CC)CCN(CC(OC)OC)CC1. The van der Waals surface area contributed by atoms with Crippen molar-refractivity contribution >= 4 is 0 Å². The highest BCUT2D eigenvalue weighted by molar-refractivity contribution is 4.84. The second kappa shape index (κ2) is 6.58. The van der Waals surface area contributed by atoms with Crippen LogP contribution in [0.5, 0.6) is 0 Å². The van der Waals surface area contributed by atoms with Gasteiger partial charge in [0.2, 0.25) is 0 Å². The minimum Gasteiger partial charge on any atom is -0.355 e. The monoisotopic (exact) mass is 229 g/mol. The smallest absolute Gasteiger partial charge is 0.169 e. The third-order valence-electron chi connectivity index (χ3n) is 4.35. The van der Waals surface area contributed by atoms with Crippen molar-refractivity contribution in [2.45, 2.75) is 45.8 Å². The number of ether oxygens (including phenoxy) is 2. The zero-order chi connectivity index (χ0) is 12.0. The van der Waals surface area contributed by atoms with Crippen LogP contribution in [0.15, 0.2) is 0 Å². The van der Waals surface area contributed by atoms with E-state index < -0.39 is 0 Å². The molecule has 96 valence electrons. The molecule has 0 amide bonds. The Bertz CT molecular complexity index is 178. The molecule has 16 heavy (non-hydrogen) atoms. The van der Waals surface area contributed by atoms with Crippen LogP contribution in [0.2, 0.25) is 0 Å². The van der Waals surface area contributed by atoms with Gasteiger partial charge in [0.25, 0.3) is 0 Å². The Labute approximate surface area is 100 Å². The van der Waals surface area contributed by atoms with Crippen LogP contribution in [-0.2, 0) is 9.47 Å². The van der Waals surface area contributed by atoms with Crippen molar-refractivity contribution in [1.29, 1.82) is 0 Å². The molecule has 0 radical (unpaired) electrons. The van der Waals surface area contributed by atoms with Gasteiger partial charge in [0.05, 0.1) is 0 Å². The lowest BCUT2D eigenvalue weighted by atomic mass is 9.74. The van der Waals surface area contributed by atoms with Crippen molar-refractivity contribution in [2.75, 3.05) is 33.9 Å². The van der Waals surface area contributed by atoms with Gasteiger partial charge in [-0.15, -0.1) is 0 Å². The summed E-state index contributed by atoms with van der Waals surface area (Å²) in [6, 6.07) is 0. The highest BCUT2D eigenvalue weighted by atomic mass is 16.7. The van der Waals surface area contributed by atoms with Crippen molar-refractivity contribution in [3.05, 3.63) is 0 Å². The summed E-state index contributed by atoms with van der Waals surface area (Å²) in [5.41, 5.74) is 0.603. The zero-order valence-electron chi connectivity index (χ0n) is 11.3. The van der Waals surface area contributed by atoms with Gasteiger partial charge in [-0.25, -0.2) is 0 Å². The second-order valence-corrected chi connectivity index (χ2v) is 4.91. The molecule has 1 aliphatic rings. The molecule has 0 saturated carbocycles. The molecular formula is C13H27NO2. The van der Waals surface area contributed by atoms with E-state index in [0.29, 0.717) is 5.41 Å². The third kappa shape index (κ3) is 3.44. The molecule has 0 aromatic carbocycles. The topological polar surface area (TPSA) is 21.7 Å². The molecule has 1 rings (SSSR count). The summed E-state index contributed by atoms with van der Waals surface area (Å²) in [5.74, 6) is 0. The summed E-state index contributed by atoms with van der Waals surface area (Å²) >= 11 is 0. The first kappa shape index (κ1) is 13.9. The van der Waals surface area contributed by atoms with E-state index in [4.69, 9.17) is 9.47 Å². The number of rotatable bonds is 6. The fourth-order valence-corrected chi connectivity index (χ4v) is 2.62. The molecule has 0 unspecified atom stereocenters. The lowest BCUT2D eigenvalue weighted by molar-refractivity contribution is -0.120. The first-order valence-electron chi connectivity index (χ1n) is 6.47. The van der Waals surface area contributed by atoms with E-state index >= 15 is 0 Å². The molecular weight excluding hydrogens is 202 g/mol. The molecule has 1 heterocycles. The third-order valence-corrected chi connectivity index (χ3v) is 4.35. The number of methoxy groups -OCH3 is 2. The molecule has 1 fully saturated rings. The molecule has 3 heteroatoms. The maximum absolute atomic E-state index is 5.24. The van der Waals surface area contributed by atoms with Gasteiger partial charge < -0.3 is 9.47 Å². The van der Waals surface area contributed by atoms with Crippen LogP contribution in [0.1, 0.15) is 39.5 Å². The standard InChI is InChI=1S/C13H27NO2/c1-5-13(6-2)7-9-14(10-8-13)11-12(15-3)16-4/h12H,5-11H2,1-4H3. The fraction of sp³-hybridized carbons (Fsp3) is 1.00. The lowest BCUT2D eigenvalue weighted by Gasteiger charge is -2.41. The average molecular weight is 229 g/mol. The van der Waals surface area contributed by atoms with Crippen molar-refractivity contribution in [1.82, 2.24) is 4.90 Å². The quantitative estimate of drug-likeness (QED) is 0.653. The largest absolute Gasteiger partial charge is 0.355 e. The van der Waals surface area contributed by atoms with Crippen molar-refractivity contribution in [3.63, 3.8) is 0 Å². The molecule has 0 spiro atoms. The first-order chi connectivity index (χ1) is 7.69. The van der Waals surface area contributed by atoms with Gasteiger partial charge in [-0.3, -0.25) is 4.90 Å². The van der Waals surface area contributed by atoms with Crippen LogP contribution in [0, 0.1) is 5.41 Å². The van der Waals surface area contributed by atoms with Gasteiger partial charge in [0.15, 0.2) is 6.29 Å². The summed E-state index contributed by atoms with van der Waals surface area (Å²) in [6.45, 7) is 7.92. The van der Waals surface area contributed by atoms with Crippen LogP contribution in [0.25, 0.3) is 0 Å². The Hall–Kier alpha value is -0.120. The molecule has 1 aliphatic heterocycles. The Morgan fingerprint density at radius 3 is 1.94 bits per heavy atom. The van der Waals surface area contributed by atoms with E-state index in [1.54, 1.807) is 14.2 Å². The molecule has 0 aliphatic carbocycles. The number of likely N-dealkylation sites (tertiary alicyclic amines) is 1. The molecule has 0 aromatic rings. The van der Waals surface area contributed by atoms with E-state index in [1.807, 2.05) is 0 Å². The van der Waals surface area contributed by atoms with E-state index in [-0.39, 0.29) is 6.29 Å². The zero-order valence-corrected chi connectivity index (χ0v) is 11.3. The molecule has 1 saturated heterocycles. The minimum atomic E-state index is -0.0734.